The molecule has 0 radical (unpaired) electrons. The van der Waals surface area contributed by atoms with E-state index in [0.29, 0.717) is 47.9 Å². The largest absolute Gasteiger partial charge is 0.405 e. The van der Waals surface area contributed by atoms with Crippen molar-refractivity contribution < 1.29 is 13.2 Å². The third-order valence-electron chi connectivity index (χ3n) is 4.15. The standard InChI is InChI=1S/C15H19F3IN8P/c16-15(17,18)8-23-11-5-12(13-10(21)7-27(25-13)28-19)24-14(9(11)6-20)26-3-1-22-2-4-26/h5-7,20,22,28H,1-4,8,21H2,(H,23,24). The predicted molar refractivity (Wildman–Crippen MR) is 115 cm³/mol. The Morgan fingerprint density at radius 3 is 2.68 bits per heavy atom. The number of aromatic nitrogens is 3. The summed E-state index contributed by atoms with van der Waals surface area (Å²) in [5.41, 5.74) is 7.71. The number of hydrogen-bond donors (Lipinski definition) is 4. The summed E-state index contributed by atoms with van der Waals surface area (Å²) in [7, 11) is 0. The van der Waals surface area contributed by atoms with Crippen LogP contribution in [0.25, 0.3) is 11.4 Å². The van der Waals surface area contributed by atoms with Gasteiger partial charge in [-0.3, -0.25) is 0 Å². The van der Waals surface area contributed by atoms with E-state index in [0.717, 1.165) is 19.3 Å². The third kappa shape index (κ3) is 4.84. The number of nitrogen functional groups attached to an aromatic ring is 1. The fraction of sp³-hybridized carbons (Fsp3) is 0.400. The Bertz CT molecular complexity index is 851. The molecule has 1 saturated heterocycles. The fourth-order valence-corrected chi connectivity index (χ4v) is 3.96. The van der Waals surface area contributed by atoms with E-state index in [4.69, 9.17) is 11.1 Å². The predicted octanol–water partition coefficient (Wildman–Crippen LogP) is 2.70. The number of alkyl halides is 3. The molecule has 0 bridgehead atoms. The van der Waals surface area contributed by atoms with Crippen LogP contribution in [-0.2, 0) is 0 Å². The summed E-state index contributed by atoms with van der Waals surface area (Å²) < 4.78 is 40.0. The zero-order chi connectivity index (χ0) is 20.3. The smallest absolute Gasteiger partial charge is 0.396 e. The van der Waals surface area contributed by atoms with Crippen molar-refractivity contribution in [3.05, 3.63) is 17.8 Å². The van der Waals surface area contributed by atoms with Crippen molar-refractivity contribution in [2.75, 3.05) is 48.7 Å². The van der Waals surface area contributed by atoms with E-state index in [1.807, 2.05) is 4.90 Å². The zero-order valence-electron chi connectivity index (χ0n) is 14.6. The highest BCUT2D eigenvalue weighted by Gasteiger charge is 2.28. The van der Waals surface area contributed by atoms with Crippen molar-refractivity contribution in [2.24, 2.45) is 0 Å². The van der Waals surface area contributed by atoms with Crippen molar-refractivity contribution in [1.29, 1.82) is 5.41 Å². The minimum absolute atomic E-state index is 0.178. The molecule has 3 rings (SSSR count). The van der Waals surface area contributed by atoms with Crippen molar-refractivity contribution in [3.8, 4) is 11.4 Å². The normalized spacial score (nSPS) is 15.4. The van der Waals surface area contributed by atoms with Crippen LogP contribution in [0.3, 0.4) is 0 Å². The van der Waals surface area contributed by atoms with E-state index in [-0.39, 0.29) is 5.69 Å². The van der Waals surface area contributed by atoms with Crippen molar-refractivity contribution >= 4 is 51.8 Å². The first-order valence-corrected chi connectivity index (χ1v) is 12.4. The average molecular weight is 526 g/mol. The Kier molecular flexibility index (Phi) is 6.61. The molecule has 0 spiro atoms. The van der Waals surface area contributed by atoms with E-state index in [1.54, 1.807) is 10.6 Å². The molecule has 152 valence electrons. The Morgan fingerprint density at radius 2 is 2.11 bits per heavy atom. The van der Waals surface area contributed by atoms with Crippen LogP contribution in [0.15, 0.2) is 12.3 Å². The van der Waals surface area contributed by atoms with Crippen LogP contribution in [0, 0.1) is 5.41 Å². The second-order valence-corrected chi connectivity index (χ2v) is 8.18. The highest BCUT2D eigenvalue weighted by molar-refractivity contribution is 14.2. The number of rotatable bonds is 6. The maximum atomic E-state index is 12.8. The van der Waals surface area contributed by atoms with Gasteiger partial charge in [0.25, 0.3) is 0 Å². The van der Waals surface area contributed by atoms with E-state index in [2.05, 4.69) is 42.8 Å². The van der Waals surface area contributed by atoms with E-state index in [9.17, 15) is 13.2 Å². The molecule has 0 aliphatic carbocycles. The van der Waals surface area contributed by atoms with Gasteiger partial charge in [0.2, 0.25) is 0 Å². The fourth-order valence-electron chi connectivity index (χ4n) is 2.89. The highest BCUT2D eigenvalue weighted by atomic mass is 127. The average Bonchev–Trinajstić information content (AvgIpc) is 3.06. The molecule has 8 nitrogen and oxygen atoms in total. The van der Waals surface area contributed by atoms with Gasteiger partial charge in [-0.1, -0.05) is 0 Å². The summed E-state index contributed by atoms with van der Waals surface area (Å²) in [5.74, 6) is 0.449. The molecule has 1 aliphatic rings. The second kappa shape index (κ2) is 8.78. The van der Waals surface area contributed by atoms with E-state index < -0.39 is 12.7 Å². The van der Waals surface area contributed by atoms with Gasteiger partial charge in [0, 0.05) is 38.1 Å². The second-order valence-electron chi connectivity index (χ2n) is 6.10. The molecule has 0 aromatic carbocycles. The lowest BCUT2D eigenvalue weighted by atomic mass is 10.1. The number of halogens is 4. The molecule has 1 aliphatic heterocycles. The summed E-state index contributed by atoms with van der Waals surface area (Å²) >= 11 is 2.15. The Labute approximate surface area is 174 Å². The van der Waals surface area contributed by atoms with Gasteiger partial charge in [-0.05, 0) is 28.1 Å². The lowest BCUT2D eigenvalue weighted by Gasteiger charge is -2.30. The number of nitrogens with two attached hydrogens (primary N) is 1. The SMILES string of the molecule is N=Cc1c(NCC(F)(F)F)cc(-c2nn(PI)cc2N)nc1N1CCNCC1. The molecule has 3 heterocycles. The number of anilines is 3. The molecule has 0 saturated carbocycles. The van der Waals surface area contributed by atoms with Gasteiger partial charge in [-0.25, -0.2) is 9.44 Å². The molecule has 1 atom stereocenters. The summed E-state index contributed by atoms with van der Waals surface area (Å²) in [6, 6.07) is 1.47. The lowest BCUT2D eigenvalue weighted by molar-refractivity contribution is -0.115. The maximum absolute atomic E-state index is 12.8. The van der Waals surface area contributed by atoms with E-state index >= 15 is 0 Å². The monoisotopic (exact) mass is 526 g/mol. The van der Waals surface area contributed by atoms with Crippen LogP contribution in [0.2, 0.25) is 0 Å². The number of nitrogens with one attached hydrogen (secondary N) is 3. The van der Waals surface area contributed by atoms with E-state index in [1.165, 1.54) is 6.07 Å². The zero-order valence-corrected chi connectivity index (χ0v) is 17.8. The first-order chi connectivity index (χ1) is 13.3. The van der Waals surface area contributed by atoms with Crippen LogP contribution >= 0.6 is 28.4 Å². The first kappa shape index (κ1) is 21.1. The summed E-state index contributed by atoms with van der Waals surface area (Å²) in [6.45, 7) is 1.50. The minimum Gasteiger partial charge on any atom is -0.396 e. The molecule has 0 amide bonds. The molecule has 1 unspecified atom stereocenters. The topological polar surface area (TPSA) is 108 Å². The molecule has 2 aromatic heterocycles. The van der Waals surface area contributed by atoms with Gasteiger partial charge in [-0.2, -0.15) is 18.3 Å². The molecular weight excluding hydrogens is 507 g/mol. The number of nitrogens with zero attached hydrogens (tertiary/aromatic N) is 4. The number of piperazine rings is 1. The summed E-state index contributed by atoms with van der Waals surface area (Å²) in [4.78, 5) is 6.57. The van der Waals surface area contributed by atoms with Crippen molar-refractivity contribution in [3.63, 3.8) is 0 Å². The van der Waals surface area contributed by atoms with Gasteiger partial charge >= 0.3 is 6.18 Å². The Balaban J connectivity index is 2.10. The quantitative estimate of drug-likeness (QED) is 0.262. The molecule has 28 heavy (non-hydrogen) atoms. The highest BCUT2D eigenvalue weighted by Crippen LogP contribution is 2.34. The van der Waals surface area contributed by atoms with Crippen molar-refractivity contribution in [2.45, 2.75) is 6.18 Å². The van der Waals surface area contributed by atoms with Gasteiger partial charge < -0.3 is 26.7 Å². The number of pyridine rings is 1. The minimum atomic E-state index is -4.39. The van der Waals surface area contributed by atoms with Crippen LogP contribution in [0.4, 0.5) is 30.4 Å². The van der Waals surface area contributed by atoms with Gasteiger partial charge in [0.1, 0.15) is 18.1 Å². The Hall–Kier alpha value is -1.66. The van der Waals surface area contributed by atoms with Crippen LogP contribution in [-0.4, -0.2) is 59.6 Å². The number of hydrogen-bond acceptors (Lipinski definition) is 7. The molecule has 5 N–H and O–H groups in total. The Morgan fingerprint density at radius 1 is 1.39 bits per heavy atom. The molecule has 1 fully saturated rings. The molecule has 13 heteroatoms. The van der Waals surface area contributed by atoms with Crippen LogP contribution in [0.5, 0.6) is 0 Å². The van der Waals surface area contributed by atoms with Crippen molar-refractivity contribution in [1.82, 2.24) is 19.9 Å². The summed E-state index contributed by atoms with van der Waals surface area (Å²) in [6.07, 6.45) is -1.36. The van der Waals surface area contributed by atoms with Crippen LogP contribution < -0.4 is 21.3 Å². The van der Waals surface area contributed by atoms with Gasteiger partial charge in [-0.15, -0.1) is 0 Å². The molecule has 2 aromatic rings. The lowest BCUT2D eigenvalue weighted by Crippen LogP contribution is -2.44. The maximum Gasteiger partial charge on any atom is 0.405 e. The van der Waals surface area contributed by atoms with Gasteiger partial charge in [0.05, 0.1) is 29.5 Å². The first-order valence-electron chi connectivity index (χ1n) is 8.36. The third-order valence-corrected chi connectivity index (χ3v) is 6.04. The van der Waals surface area contributed by atoms with Crippen LogP contribution in [0.1, 0.15) is 5.56 Å². The van der Waals surface area contributed by atoms with Gasteiger partial charge in [0.15, 0.2) is 0 Å². The summed E-state index contributed by atoms with van der Waals surface area (Å²) in [5, 5.41) is 17.8. The molecular formula is C15H19F3IN8P.